The summed E-state index contributed by atoms with van der Waals surface area (Å²) in [7, 11) is 0. The van der Waals surface area contributed by atoms with E-state index in [2.05, 4.69) is 15.5 Å². The molecule has 0 aliphatic rings. The number of H-pyrrole nitrogens is 1. The molecule has 0 bridgehead atoms. The summed E-state index contributed by atoms with van der Waals surface area (Å²) in [6.45, 7) is 0. The Balaban J connectivity index is 1.97. The van der Waals surface area contributed by atoms with Gasteiger partial charge in [-0.3, -0.25) is 9.89 Å². The smallest absolute Gasteiger partial charge is 0.276 e. The molecule has 2 N–H and O–H groups in total. The average molecular weight is 341 g/mol. The monoisotopic (exact) mass is 339 g/mol. The molecule has 0 spiro atoms. The fraction of sp³-hybridized carbons (Fsp3) is 0. The Morgan fingerprint density at radius 3 is 2.48 bits per heavy atom. The number of aromatic nitrogens is 2. The van der Waals surface area contributed by atoms with Crippen molar-refractivity contribution in [3.63, 3.8) is 0 Å². The maximum Gasteiger partial charge on any atom is 0.276 e. The third-order valence-corrected chi connectivity index (χ3v) is 3.75. The molecule has 0 radical (unpaired) electrons. The fourth-order valence-corrected chi connectivity index (χ4v) is 2.88. The lowest BCUT2D eigenvalue weighted by Crippen LogP contribution is -2.13. The van der Waals surface area contributed by atoms with Crippen molar-refractivity contribution in [3.05, 3.63) is 57.2 Å². The molecular formula is C14H8Cl3N3O. The van der Waals surface area contributed by atoms with Crippen LogP contribution in [0.5, 0.6) is 0 Å². The third kappa shape index (κ3) is 2.70. The number of nitrogens with zero attached hydrogens (tertiary/aromatic N) is 1. The highest BCUT2D eigenvalue weighted by molar-refractivity contribution is 6.42. The van der Waals surface area contributed by atoms with Crippen molar-refractivity contribution < 1.29 is 4.79 Å². The average Bonchev–Trinajstić information content (AvgIpc) is 2.86. The molecule has 0 atom stereocenters. The van der Waals surface area contributed by atoms with Gasteiger partial charge in [0.2, 0.25) is 0 Å². The molecule has 21 heavy (non-hydrogen) atoms. The number of para-hydroxylation sites is 1. The van der Waals surface area contributed by atoms with Crippen molar-refractivity contribution in [1.29, 1.82) is 0 Å². The molecule has 1 aromatic heterocycles. The van der Waals surface area contributed by atoms with Crippen LogP contribution in [0.4, 0.5) is 5.69 Å². The number of aromatic amines is 1. The van der Waals surface area contributed by atoms with E-state index < -0.39 is 5.91 Å². The van der Waals surface area contributed by atoms with Crippen molar-refractivity contribution in [2.45, 2.75) is 0 Å². The summed E-state index contributed by atoms with van der Waals surface area (Å²) in [6, 6.07) is 10.3. The molecule has 0 unspecified atom stereocenters. The Morgan fingerprint density at radius 1 is 1.10 bits per heavy atom. The van der Waals surface area contributed by atoms with Gasteiger partial charge >= 0.3 is 0 Å². The molecule has 0 saturated carbocycles. The number of halogens is 3. The molecule has 1 heterocycles. The van der Waals surface area contributed by atoms with Gasteiger partial charge in [-0.1, -0.05) is 53.0 Å². The zero-order valence-corrected chi connectivity index (χ0v) is 12.7. The van der Waals surface area contributed by atoms with Gasteiger partial charge in [0.1, 0.15) is 0 Å². The van der Waals surface area contributed by atoms with Gasteiger partial charge in [-0.05, 0) is 18.2 Å². The standard InChI is InChI=1S/C14H8Cl3N3O/c15-7-5-9(16)13(10(17)6-7)18-14(21)12-8-3-1-2-4-11(8)19-20-12/h1-6H,(H,18,21)(H,19,20). The predicted octanol–water partition coefficient (Wildman–Crippen LogP) is 4.78. The zero-order valence-electron chi connectivity index (χ0n) is 10.5. The second kappa shape index (κ2) is 5.56. The number of amides is 1. The first kappa shape index (κ1) is 14.2. The Morgan fingerprint density at radius 2 is 1.76 bits per heavy atom. The van der Waals surface area contributed by atoms with Crippen LogP contribution in [-0.2, 0) is 0 Å². The number of carbonyl (C=O) groups is 1. The molecule has 0 fully saturated rings. The first-order valence-corrected chi connectivity index (χ1v) is 7.08. The molecule has 0 saturated heterocycles. The second-order valence-electron chi connectivity index (χ2n) is 4.32. The number of rotatable bonds is 2. The van der Waals surface area contributed by atoms with Gasteiger partial charge in [0, 0.05) is 10.4 Å². The van der Waals surface area contributed by atoms with Crippen LogP contribution in [0.1, 0.15) is 10.5 Å². The molecule has 2 aromatic carbocycles. The van der Waals surface area contributed by atoms with Gasteiger partial charge in [0.05, 0.1) is 21.2 Å². The fourth-order valence-electron chi connectivity index (χ4n) is 1.97. The number of hydrogen-bond donors (Lipinski definition) is 2. The summed E-state index contributed by atoms with van der Waals surface area (Å²) in [5.74, 6) is -0.404. The van der Waals surface area contributed by atoms with Gasteiger partial charge in [0.25, 0.3) is 5.91 Å². The SMILES string of the molecule is O=C(Nc1c(Cl)cc(Cl)cc1Cl)c1n[nH]c2ccccc12. The van der Waals surface area contributed by atoms with Gasteiger partial charge in [-0.25, -0.2) is 0 Å². The maximum atomic E-state index is 12.3. The van der Waals surface area contributed by atoms with Crippen LogP contribution >= 0.6 is 34.8 Å². The van der Waals surface area contributed by atoms with Crippen molar-refractivity contribution in [3.8, 4) is 0 Å². The van der Waals surface area contributed by atoms with Crippen LogP contribution in [0, 0.1) is 0 Å². The summed E-state index contributed by atoms with van der Waals surface area (Å²) < 4.78 is 0. The Kier molecular flexibility index (Phi) is 3.76. The van der Waals surface area contributed by atoms with E-state index in [1.165, 1.54) is 12.1 Å². The first-order chi connectivity index (χ1) is 10.1. The molecule has 7 heteroatoms. The van der Waals surface area contributed by atoms with Gasteiger partial charge in [-0.15, -0.1) is 0 Å². The highest BCUT2D eigenvalue weighted by atomic mass is 35.5. The van der Waals surface area contributed by atoms with Crippen molar-refractivity contribution >= 4 is 57.3 Å². The van der Waals surface area contributed by atoms with E-state index in [4.69, 9.17) is 34.8 Å². The Bertz CT molecular complexity index is 821. The van der Waals surface area contributed by atoms with Crippen LogP contribution in [-0.4, -0.2) is 16.1 Å². The molecule has 0 aliphatic heterocycles. The molecule has 106 valence electrons. The quantitative estimate of drug-likeness (QED) is 0.705. The highest BCUT2D eigenvalue weighted by Crippen LogP contribution is 2.34. The summed E-state index contributed by atoms with van der Waals surface area (Å²) in [5.41, 5.74) is 1.35. The molecular weight excluding hydrogens is 333 g/mol. The minimum atomic E-state index is -0.404. The van der Waals surface area contributed by atoms with E-state index in [1.54, 1.807) is 6.07 Å². The maximum absolute atomic E-state index is 12.3. The van der Waals surface area contributed by atoms with Crippen LogP contribution in [0.2, 0.25) is 15.1 Å². The summed E-state index contributed by atoms with van der Waals surface area (Å²) in [5, 5.41) is 11.1. The second-order valence-corrected chi connectivity index (χ2v) is 5.57. The lowest BCUT2D eigenvalue weighted by Gasteiger charge is -2.08. The summed E-state index contributed by atoms with van der Waals surface area (Å²) >= 11 is 17.9. The van der Waals surface area contributed by atoms with E-state index in [9.17, 15) is 4.79 Å². The normalized spacial score (nSPS) is 10.8. The largest absolute Gasteiger partial charge is 0.318 e. The third-order valence-electron chi connectivity index (χ3n) is 2.93. The molecule has 3 aromatic rings. The topological polar surface area (TPSA) is 57.8 Å². The summed E-state index contributed by atoms with van der Waals surface area (Å²) in [6.07, 6.45) is 0. The van der Waals surface area contributed by atoms with Crippen molar-refractivity contribution in [1.82, 2.24) is 10.2 Å². The predicted molar refractivity (Wildman–Crippen MR) is 85.5 cm³/mol. The van der Waals surface area contributed by atoms with Crippen LogP contribution < -0.4 is 5.32 Å². The number of fused-ring (bicyclic) bond motifs is 1. The molecule has 0 aliphatic carbocycles. The Labute approximate surface area is 135 Å². The number of nitrogens with one attached hydrogen (secondary N) is 2. The lowest BCUT2D eigenvalue weighted by molar-refractivity contribution is 0.102. The highest BCUT2D eigenvalue weighted by Gasteiger charge is 2.17. The zero-order chi connectivity index (χ0) is 15.0. The number of anilines is 1. The summed E-state index contributed by atoms with van der Waals surface area (Å²) in [4.78, 5) is 12.3. The van der Waals surface area contributed by atoms with E-state index in [-0.39, 0.29) is 15.7 Å². The van der Waals surface area contributed by atoms with E-state index in [1.807, 2.05) is 18.2 Å². The first-order valence-electron chi connectivity index (χ1n) is 5.95. The van der Waals surface area contributed by atoms with E-state index >= 15 is 0 Å². The van der Waals surface area contributed by atoms with Crippen LogP contribution in [0.15, 0.2) is 36.4 Å². The van der Waals surface area contributed by atoms with Gasteiger partial charge < -0.3 is 5.32 Å². The van der Waals surface area contributed by atoms with Gasteiger partial charge in [-0.2, -0.15) is 5.10 Å². The van der Waals surface area contributed by atoms with Gasteiger partial charge in [0.15, 0.2) is 5.69 Å². The van der Waals surface area contributed by atoms with E-state index in [0.717, 1.165) is 10.9 Å². The molecule has 4 nitrogen and oxygen atoms in total. The van der Waals surface area contributed by atoms with Crippen LogP contribution in [0.25, 0.3) is 10.9 Å². The van der Waals surface area contributed by atoms with E-state index in [0.29, 0.717) is 10.7 Å². The minimum absolute atomic E-state index is 0.265. The lowest BCUT2D eigenvalue weighted by atomic mass is 10.2. The Hall–Kier alpha value is -1.75. The molecule has 3 rings (SSSR count). The minimum Gasteiger partial charge on any atom is -0.318 e. The molecule has 1 amide bonds. The number of benzene rings is 2. The number of hydrogen-bond acceptors (Lipinski definition) is 2. The van der Waals surface area contributed by atoms with Crippen LogP contribution in [0.3, 0.4) is 0 Å². The van der Waals surface area contributed by atoms with Crippen molar-refractivity contribution in [2.75, 3.05) is 5.32 Å². The van der Waals surface area contributed by atoms with Crippen molar-refractivity contribution in [2.24, 2.45) is 0 Å². The number of carbonyl (C=O) groups excluding carboxylic acids is 1.